The second-order valence-electron chi connectivity index (χ2n) is 12.3. The Hall–Kier alpha value is -1.22. The van der Waals surface area contributed by atoms with Crippen molar-refractivity contribution in [2.24, 2.45) is 0 Å². The number of hydrogen-bond acceptors (Lipinski definition) is 5. The van der Waals surface area contributed by atoms with Crippen molar-refractivity contribution in [1.29, 1.82) is 0 Å². The summed E-state index contributed by atoms with van der Waals surface area (Å²) >= 11 is 0. The quantitative estimate of drug-likeness (QED) is 0.0346. The molecule has 7 nitrogen and oxygen atoms in total. The number of hydrogen-bond donors (Lipinski definition) is 4. The average Bonchev–Trinajstić information content (AvgIpc) is 2.96. The van der Waals surface area contributed by atoms with Crippen LogP contribution in [0.5, 0.6) is 0 Å². The molecule has 0 aromatic carbocycles. The van der Waals surface area contributed by atoms with Gasteiger partial charge in [0.05, 0.1) is 17.9 Å². The summed E-state index contributed by atoms with van der Waals surface area (Å²) < 4.78 is 32.2. The summed E-state index contributed by atoms with van der Waals surface area (Å²) in [7, 11) is -4.43. The minimum absolute atomic E-state index is 0.274. The first-order chi connectivity index (χ1) is 20.7. The highest BCUT2D eigenvalue weighted by Crippen LogP contribution is 2.13. The molecule has 0 aromatic heterocycles. The van der Waals surface area contributed by atoms with Crippen LogP contribution in [0.2, 0.25) is 0 Å². The lowest BCUT2D eigenvalue weighted by Crippen LogP contribution is -2.50. The van der Waals surface area contributed by atoms with E-state index in [9.17, 15) is 28.0 Å². The van der Waals surface area contributed by atoms with Gasteiger partial charge >= 0.3 is 0 Å². The van der Waals surface area contributed by atoms with Gasteiger partial charge < -0.3 is 15.5 Å². The van der Waals surface area contributed by atoms with Crippen molar-refractivity contribution in [1.82, 2.24) is 5.32 Å². The minimum atomic E-state index is -4.43. The monoisotopic (exact) mass is 629 g/mol. The molecule has 0 fully saturated rings. The molecule has 0 bridgehead atoms. The first-order valence-corrected chi connectivity index (χ1v) is 19.3. The number of carbonyl (C=O) groups excluding carboxylic acids is 1. The molecule has 1 amide bonds. The van der Waals surface area contributed by atoms with Gasteiger partial charge in [-0.2, -0.15) is 8.42 Å². The molecule has 0 saturated carbocycles. The molecule has 3 atom stereocenters. The van der Waals surface area contributed by atoms with Gasteiger partial charge in [-0.3, -0.25) is 9.35 Å². The van der Waals surface area contributed by atoms with E-state index < -0.39 is 40.0 Å². The van der Waals surface area contributed by atoms with E-state index in [2.05, 4.69) is 31.3 Å². The highest BCUT2D eigenvalue weighted by molar-refractivity contribution is 7.85. The zero-order chi connectivity index (χ0) is 32.0. The van der Waals surface area contributed by atoms with Crippen LogP contribution in [0.3, 0.4) is 0 Å². The maximum absolute atomic E-state index is 12.5. The van der Waals surface area contributed by atoms with E-state index in [1.54, 1.807) is 6.08 Å². The number of rotatable bonds is 31. The number of aliphatic hydroxyl groups excluding tert-OH is 2. The van der Waals surface area contributed by atoms with E-state index in [-0.39, 0.29) is 6.42 Å². The van der Waals surface area contributed by atoms with Crippen LogP contribution < -0.4 is 5.32 Å². The molecule has 0 radical (unpaired) electrons. The Morgan fingerprint density at radius 2 is 1.02 bits per heavy atom. The largest absolute Gasteiger partial charge is 0.387 e. The van der Waals surface area contributed by atoms with Gasteiger partial charge in [0.15, 0.2) is 0 Å². The Kier molecular flexibility index (Phi) is 28.7. The summed E-state index contributed by atoms with van der Waals surface area (Å²) in [4.78, 5) is 12.5. The summed E-state index contributed by atoms with van der Waals surface area (Å²) in [6.07, 6.45) is 32.6. The van der Waals surface area contributed by atoms with Crippen molar-refractivity contribution >= 4 is 16.0 Å². The van der Waals surface area contributed by atoms with Crippen LogP contribution >= 0.6 is 0 Å². The molecule has 4 N–H and O–H groups in total. The number of allylic oxidation sites excluding steroid dienone is 3. The van der Waals surface area contributed by atoms with Crippen molar-refractivity contribution in [3.63, 3.8) is 0 Å². The van der Waals surface area contributed by atoms with E-state index in [0.717, 1.165) is 57.8 Å². The SMILES string of the molecule is CCCCCCC/C=C/C(O)C(CS(=O)(=O)O)NC(=O)C(O)CCCCCCCC/C=C\CCCCCCCCCCC. The van der Waals surface area contributed by atoms with Crippen LogP contribution in [0.25, 0.3) is 0 Å². The maximum atomic E-state index is 12.5. The zero-order valence-electron chi connectivity index (χ0n) is 27.7. The third kappa shape index (κ3) is 29.3. The first-order valence-electron chi connectivity index (χ1n) is 17.6. The van der Waals surface area contributed by atoms with Gasteiger partial charge in [0, 0.05) is 0 Å². The second kappa shape index (κ2) is 29.5. The number of unbranched alkanes of at least 4 members (excludes halogenated alkanes) is 20. The molecule has 0 saturated heterocycles. The molecule has 43 heavy (non-hydrogen) atoms. The molecule has 0 aliphatic heterocycles. The van der Waals surface area contributed by atoms with Gasteiger partial charge in [0.25, 0.3) is 10.1 Å². The normalized spacial score (nSPS) is 14.4. The minimum Gasteiger partial charge on any atom is -0.387 e. The van der Waals surface area contributed by atoms with Crippen LogP contribution in [-0.2, 0) is 14.9 Å². The van der Waals surface area contributed by atoms with Gasteiger partial charge in [-0.05, 0) is 44.9 Å². The fourth-order valence-corrected chi connectivity index (χ4v) is 5.95. The number of carbonyl (C=O) groups is 1. The predicted octanol–water partition coefficient (Wildman–Crippen LogP) is 8.60. The molecular formula is C35H67NO6S. The summed E-state index contributed by atoms with van der Waals surface area (Å²) in [5.74, 6) is -1.54. The standard InChI is InChI=1S/C35H67NO6S/c1-3-5-7-9-11-12-13-14-15-16-17-18-19-20-21-22-24-26-28-30-34(38)35(39)36-32(31-43(40,41)42)33(37)29-27-25-23-10-8-6-4-2/h17-18,27,29,32-34,37-38H,3-16,19-26,28,30-31H2,1-2H3,(H,36,39)(H,40,41,42)/b18-17-,29-27+. The topological polar surface area (TPSA) is 124 Å². The lowest BCUT2D eigenvalue weighted by atomic mass is 10.0. The van der Waals surface area contributed by atoms with Crippen LogP contribution in [-0.4, -0.2) is 53.1 Å². The Morgan fingerprint density at radius 3 is 1.47 bits per heavy atom. The molecule has 3 unspecified atom stereocenters. The molecule has 254 valence electrons. The summed E-state index contributed by atoms with van der Waals surface area (Å²) in [5.41, 5.74) is 0. The smallest absolute Gasteiger partial charge is 0.267 e. The highest BCUT2D eigenvalue weighted by Gasteiger charge is 2.27. The van der Waals surface area contributed by atoms with Crippen LogP contribution in [0.1, 0.15) is 168 Å². The van der Waals surface area contributed by atoms with Crippen molar-refractivity contribution < 1.29 is 28.0 Å². The van der Waals surface area contributed by atoms with Gasteiger partial charge in [-0.25, -0.2) is 0 Å². The average molecular weight is 630 g/mol. The van der Waals surface area contributed by atoms with E-state index in [1.807, 2.05) is 0 Å². The molecule has 0 heterocycles. The second-order valence-corrected chi connectivity index (χ2v) is 13.8. The van der Waals surface area contributed by atoms with E-state index in [1.165, 1.54) is 89.5 Å². The molecule has 0 aliphatic carbocycles. The molecule has 0 aliphatic rings. The lowest BCUT2D eigenvalue weighted by molar-refractivity contribution is -0.130. The third-order valence-corrected chi connectivity index (χ3v) is 8.76. The van der Waals surface area contributed by atoms with Gasteiger partial charge in [0.1, 0.15) is 6.10 Å². The van der Waals surface area contributed by atoms with Gasteiger partial charge in [-0.15, -0.1) is 0 Å². The van der Waals surface area contributed by atoms with Crippen molar-refractivity contribution in [3.8, 4) is 0 Å². The Balaban J connectivity index is 3.99. The fourth-order valence-electron chi connectivity index (χ4n) is 5.21. The number of aliphatic hydroxyl groups is 2. The van der Waals surface area contributed by atoms with Crippen molar-refractivity contribution in [2.75, 3.05) is 5.75 Å². The first kappa shape index (κ1) is 41.8. The number of nitrogens with one attached hydrogen (secondary N) is 1. The van der Waals surface area contributed by atoms with Crippen LogP contribution in [0, 0.1) is 0 Å². The van der Waals surface area contributed by atoms with E-state index >= 15 is 0 Å². The Labute approximate surface area is 265 Å². The highest BCUT2D eigenvalue weighted by atomic mass is 32.2. The van der Waals surface area contributed by atoms with E-state index in [0.29, 0.717) is 6.42 Å². The Bertz CT molecular complexity index is 798. The lowest BCUT2D eigenvalue weighted by Gasteiger charge is -2.22. The third-order valence-electron chi connectivity index (χ3n) is 7.98. The van der Waals surface area contributed by atoms with E-state index in [4.69, 9.17) is 0 Å². The van der Waals surface area contributed by atoms with Crippen molar-refractivity contribution in [2.45, 2.75) is 186 Å². The molecule has 8 heteroatoms. The molecule has 0 spiro atoms. The predicted molar refractivity (Wildman–Crippen MR) is 181 cm³/mol. The molecule has 0 rings (SSSR count). The van der Waals surface area contributed by atoms with Crippen LogP contribution in [0.15, 0.2) is 24.3 Å². The summed E-state index contributed by atoms with van der Waals surface area (Å²) in [5, 5.41) is 23.1. The summed E-state index contributed by atoms with van der Waals surface area (Å²) in [6, 6.07) is -1.23. The van der Waals surface area contributed by atoms with Crippen LogP contribution in [0.4, 0.5) is 0 Å². The maximum Gasteiger partial charge on any atom is 0.267 e. The summed E-state index contributed by atoms with van der Waals surface area (Å²) in [6.45, 7) is 4.41. The number of amides is 1. The zero-order valence-corrected chi connectivity index (χ0v) is 28.5. The molecule has 0 aromatic rings. The Morgan fingerprint density at radius 1 is 0.628 bits per heavy atom. The van der Waals surface area contributed by atoms with Crippen molar-refractivity contribution in [3.05, 3.63) is 24.3 Å². The fraction of sp³-hybridized carbons (Fsp3) is 0.857. The molecular weight excluding hydrogens is 562 g/mol. The van der Waals surface area contributed by atoms with Gasteiger partial charge in [0.2, 0.25) is 5.91 Å². The van der Waals surface area contributed by atoms with Gasteiger partial charge in [-0.1, -0.05) is 147 Å².